The van der Waals surface area contributed by atoms with Crippen molar-refractivity contribution in [2.24, 2.45) is 0 Å². The fourth-order valence-electron chi connectivity index (χ4n) is 2.10. The summed E-state index contributed by atoms with van der Waals surface area (Å²) in [5.41, 5.74) is 2.27. The molecule has 0 amide bonds. The molecule has 0 aliphatic heterocycles. The van der Waals surface area contributed by atoms with E-state index in [-0.39, 0.29) is 0 Å². The van der Waals surface area contributed by atoms with Crippen molar-refractivity contribution in [2.45, 2.75) is 39.7 Å². The zero-order valence-corrected chi connectivity index (χ0v) is 13.2. The van der Waals surface area contributed by atoms with Crippen LogP contribution in [0.1, 0.15) is 43.3 Å². The summed E-state index contributed by atoms with van der Waals surface area (Å²) in [6.45, 7) is 6.76. The molecule has 1 N–H and O–H groups in total. The zero-order valence-electron chi connectivity index (χ0n) is 13.2. The van der Waals surface area contributed by atoms with Crippen molar-refractivity contribution in [3.63, 3.8) is 0 Å². The van der Waals surface area contributed by atoms with Gasteiger partial charge in [0.1, 0.15) is 18.2 Å². The maximum atomic E-state index is 5.76. The van der Waals surface area contributed by atoms with E-state index in [0.717, 1.165) is 23.7 Å². The van der Waals surface area contributed by atoms with Gasteiger partial charge in [-0.15, -0.1) is 0 Å². The van der Waals surface area contributed by atoms with E-state index in [9.17, 15) is 0 Å². The number of hydrogen-bond donors (Lipinski definition) is 1. The van der Waals surface area contributed by atoms with Gasteiger partial charge in [0, 0.05) is 18.8 Å². The Kier molecular flexibility index (Phi) is 5.14. The molecule has 0 saturated carbocycles. The van der Waals surface area contributed by atoms with Crippen LogP contribution in [0.2, 0.25) is 0 Å². The number of nitrogens with zero attached hydrogens (tertiary/aromatic N) is 2. The minimum Gasteiger partial charge on any atom is -0.486 e. The SMILES string of the molecule is CCC(C)c1ccc(OCc2nc(C)cc(NC)n2)cc1. The topological polar surface area (TPSA) is 47.0 Å². The highest BCUT2D eigenvalue weighted by Gasteiger charge is 2.05. The van der Waals surface area contributed by atoms with Crippen LogP contribution in [-0.4, -0.2) is 17.0 Å². The summed E-state index contributed by atoms with van der Waals surface area (Å²) >= 11 is 0. The van der Waals surface area contributed by atoms with Crippen molar-refractivity contribution in [3.05, 3.63) is 47.4 Å². The summed E-state index contributed by atoms with van der Waals surface area (Å²) in [4.78, 5) is 8.76. The summed E-state index contributed by atoms with van der Waals surface area (Å²) in [5.74, 6) is 2.93. The molecule has 1 unspecified atom stereocenters. The van der Waals surface area contributed by atoms with Crippen molar-refractivity contribution in [1.82, 2.24) is 9.97 Å². The number of aromatic nitrogens is 2. The Bertz CT molecular complexity index is 581. The lowest BCUT2D eigenvalue weighted by molar-refractivity contribution is 0.295. The van der Waals surface area contributed by atoms with Gasteiger partial charge in [-0.2, -0.15) is 0 Å². The Morgan fingerprint density at radius 2 is 1.90 bits per heavy atom. The van der Waals surface area contributed by atoms with E-state index in [1.54, 1.807) is 0 Å². The third kappa shape index (κ3) is 4.18. The Morgan fingerprint density at radius 3 is 2.52 bits per heavy atom. The molecule has 1 aromatic heterocycles. The average molecular weight is 285 g/mol. The number of benzene rings is 1. The molecule has 4 heteroatoms. The maximum Gasteiger partial charge on any atom is 0.168 e. The van der Waals surface area contributed by atoms with E-state index in [1.807, 2.05) is 32.2 Å². The highest BCUT2D eigenvalue weighted by molar-refractivity contribution is 5.35. The molecule has 0 aliphatic rings. The predicted molar refractivity (Wildman–Crippen MR) is 85.8 cm³/mol. The van der Waals surface area contributed by atoms with Crippen LogP contribution in [-0.2, 0) is 6.61 Å². The molecule has 0 aliphatic carbocycles. The lowest BCUT2D eigenvalue weighted by Gasteiger charge is -2.11. The molecular weight excluding hydrogens is 262 g/mol. The number of nitrogens with one attached hydrogen (secondary N) is 1. The summed E-state index contributed by atoms with van der Waals surface area (Å²) < 4.78 is 5.76. The van der Waals surface area contributed by atoms with Crippen molar-refractivity contribution < 1.29 is 4.74 Å². The second-order valence-electron chi connectivity index (χ2n) is 5.23. The number of hydrogen-bond acceptors (Lipinski definition) is 4. The first-order valence-corrected chi connectivity index (χ1v) is 7.37. The first-order valence-electron chi connectivity index (χ1n) is 7.37. The average Bonchev–Trinajstić information content (AvgIpc) is 2.52. The molecule has 0 radical (unpaired) electrons. The molecule has 0 spiro atoms. The van der Waals surface area contributed by atoms with E-state index in [2.05, 4.69) is 41.3 Å². The van der Waals surface area contributed by atoms with Gasteiger partial charge in [-0.1, -0.05) is 26.0 Å². The van der Waals surface area contributed by atoms with Gasteiger partial charge in [-0.3, -0.25) is 0 Å². The highest BCUT2D eigenvalue weighted by atomic mass is 16.5. The van der Waals surface area contributed by atoms with E-state index >= 15 is 0 Å². The minimum absolute atomic E-state index is 0.374. The van der Waals surface area contributed by atoms with E-state index in [0.29, 0.717) is 18.3 Å². The molecule has 21 heavy (non-hydrogen) atoms. The third-order valence-corrected chi connectivity index (χ3v) is 3.59. The predicted octanol–water partition coefficient (Wildman–Crippen LogP) is 3.92. The van der Waals surface area contributed by atoms with Crippen LogP contribution in [0.15, 0.2) is 30.3 Å². The molecule has 1 atom stereocenters. The van der Waals surface area contributed by atoms with E-state index in [1.165, 1.54) is 5.56 Å². The lowest BCUT2D eigenvalue weighted by Crippen LogP contribution is -2.05. The van der Waals surface area contributed by atoms with Gasteiger partial charge in [0.2, 0.25) is 0 Å². The molecule has 2 aromatic rings. The van der Waals surface area contributed by atoms with Crippen LogP contribution in [0.4, 0.5) is 5.82 Å². The first-order chi connectivity index (χ1) is 10.1. The summed E-state index contributed by atoms with van der Waals surface area (Å²) in [7, 11) is 1.85. The molecule has 112 valence electrons. The van der Waals surface area contributed by atoms with Crippen LogP contribution in [0.25, 0.3) is 0 Å². The van der Waals surface area contributed by atoms with Crippen LogP contribution in [0.5, 0.6) is 5.75 Å². The van der Waals surface area contributed by atoms with Crippen LogP contribution >= 0.6 is 0 Å². The summed E-state index contributed by atoms with van der Waals surface area (Å²) in [6.07, 6.45) is 1.14. The van der Waals surface area contributed by atoms with Crippen LogP contribution in [0, 0.1) is 6.92 Å². The van der Waals surface area contributed by atoms with Crippen molar-refractivity contribution >= 4 is 5.82 Å². The van der Waals surface area contributed by atoms with Gasteiger partial charge in [0.15, 0.2) is 5.82 Å². The largest absolute Gasteiger partial charge is 0.486 e. The van der Waals surface area contributed by atoms with Gasteiger partial charge in [0.05, 0.1) is 0 Å². The van der Waals surface area contributed by atoms with Gasteiger partial charge < -0.3 is 10.1 Å². The van der Waals surface area contributed by atoms with Gasteiger partial charge in [-0.25, -0.2) is 9.97 Å². The second kappa shape index (κ2) is 7.07. The Morgan fingerprint density at radius 1 is 1.19 bits per heavy atom. The molecule has 0 bridgehead atoms. The van der Waals surface area contributed by atoms with E-state index in [4.69, 9.17) is 4.74 Å². The normalized spacial score (nSPS) is 12.0. The smallest absolute Gasteiger partial charge is 0.168 e. The van der Waals surface area contributed by atoms with Gasteiger partial charge in [-0.05, 0) is 37.0 Å². The molecule has 0 fully saturated rings. The number of rotatable bonds is 6. The number of ether oxygens (including phenoxy) is 1. The quantitative estimate of drug-likeness (QED) is 0.874. The van der Waals surface area contributed by atoms with Crippen LogP contribution in [0.3, 0.4) is 0 Å². The fraction of sp³-hybridized carbons (Fsp3) is 0.412. The third-order valence-electron chi connectivity index (χ3n) is 3.59. The Labute approximate surface area is 126 Å². The molecule has 4 nitrogen and oxygen atoms in total. The highest BCUT2D eigenvalue weighted by Crippen LogP contribution is 2.21. The zero-order chi connectivity index (χ0) is 15.2. The molecule has 1 aromatic carbocycles. The summed E-state index contributed by atoms with van der Waals surface area (Å²) in [5, 5.41) is 3.03. The van der Waals surface area contributed by atoms with Gasteiger partial charge in [0.25, 0.3) is 0 Å². The Balaban J connectivity index is 2.01. The van der Waals surface area contributed by atoms with Crippen molar-refractivity contribution in [1.29, 1.82) is 0 Å². The molecule has 0 saturated heterocycles. The first kappa shape index (κ1) is 15.3. The fourth-order valence-corrected chi connectivity index (χ4v) is 2.10. The number of anilines is 1. The van der Waals surface area contributed by atoms with E-state index < -0.39 is 0 Å². The maximum absolute atomic E-state index is 5.76. The number of aryl methyl sites for hydroxylation is 1. The molecule has 1 heterocycles. The Hall–Kier alpha value is -2.10. The van der Waals surface area contributed by atoms with Crippen molar-refractivity contribution in [3.8, 4) is 5.75 Å². The van der Waals surface area contributed by atoms with Gasteiger partial charge >= 0.3 is 0 Å². The second-order valence-corrected chi connectivity index (χ2v) is 5.23. The lowest BCUT2D eigenvalue weighted by atomic mass is 9.99. The van der Waals surface area contributed by atoms with Crippen molar-refractivity contribution in [2.75, 3.05) is 12.4 Å². The molecular formula is C17H23N3O. The molecule has 2 rings (SSSR count). The standard InChI is InChI=1S/C17H23N3O/c1-5-12(2)14-6-8-15(9-7-14)21-11-17-19-13(3)10-16(18-4)20-17/h6-10,12H,5,11H2,1-4H3,(H,18,19,20). The van der Waals surface area contributed by atoms with Crippen LogP contribution < -0.4 is 10.1 Å². The summed E-state index contributed by atoms with van der Waals surface area (Å²) in [6, 6.07) is 10.2. The minimum atomic E-state index is 0.374. The monoisotopic (exact) mass is 285 g/mol.